The zero-order valence-electron chi connectivity index (χ0n) is 12.9. The van der Waals surface area contributed by atoms with Gasteiger partial charge in [0.1, 0.15) is 11.6 Å². The van der Waals surface area contributed by atoms with Crippen LogP contribution in [-0.4, -0.2) is 18.6 Å². The van der Waals surface area contributed by atoms with Gasteiger partial charge in [-0.25, -0.2) is 9.37 Å². The second kappa shape index (κ2) is 7.18. The van der Waals surface area contributed by atoms with E-state index in [4.69, 9.17) is 0 Å². The average Bonchev–Trinajstić information content (AvgIpc) is 2.48. The third-order valence-electron chi connectivity index (χ3n) is 3.38. The number of hydrogen-bond acceptors (Lipinski definition) is 3. The lowest BCUT2D eigenvalue weighted by Gasteiger charge is -2.23. The topological polar surface area (TPSA) is 28.2 Å². The van der Waals surface area contributed by atoms with E-state index in [1.807, 2.05) is 24.9 Å². The predicted octanol–water partition coefficient (Wildman–Crippen LogP) is 3.66. The Morgan fingerprint density at radius 1 is 1.19 bits per heavy atom. The van der Waals surface area contributed by atoms with Crippen molar-refractivity contribution >= 4 is 11.5 Å². The molecule has 1 aromatic heterocycles. The molecule has 0 fully saturated rings. The largest absolute Gasteiger partial charge is 0.327 e. The SMILES string of the molecule is CCc1cc(CNC)cc(N(CC)c2cccc(F)c2)n1. The average molecular weight is 287 g/mol. The van der Waals surface area contributed by atoms with Gasteiger partial charge in [0.15, 0.2) is 0 Å². The number of rotatable bonds is 6. The van der Waals surface area contributed by atoms with Crippen LogP contribution in [0.4, 0.5) is 15.9 Å². The van der Waals surface area contributed by atoms with Gasteiger partial charge in [0.05, 0.1) is 0 Å². The van der Waals surface area contributed by atoms with Gasteiger partial charge in [-0.1, -0.05) is 13.0 Å². The molecule has 0 spiro atoms. The molecule has 0 unspecified atom stereocenters. The zero-order chi connectivity index (χ0) is 15.2. The number of nitrogens with zero attached hydrogens (tertiary/aromatic N) is 2. The van der Waals surface area contributed by atoms with Crippen LogP contribution in [0.15, 0.2) is 36.4 Å². The summed E-state index contributed by atoms with van der Waals surface area (Å²) in [5, 5.41) is 3.16. The van der Waals surface area contributed by atoms with E-state index < -0.39 is 0 Å². The highest BCUT2D eigenvalue weighted by Crippen LogP contribution is 2.25. The molecule has 0 saturated heterocycles. The molecule has 0 radical (unpaired) electrons. The Bertz CT molecular complexity index is 598. The number of halogens is 1. The van der Waals surface area contributed by atoms with E-state index >= 15 is 0 Å². The summed E-state index contributed by atoms with van der Waals surface area (Å²) in [5.41, 5.74) is 3.07. The molecule has 112 valence electrons. The first-order valence-electron chi connectivity index (χ1n) is 7.35. The van der Waals surface area contributed by atoms with Crippen LogP contribution in [0, 0.1) is 5.82 Å². The number of aromatic nitrogens is 1. The summed E-state index contributed by atoms with van der Waals surface area (Å²) < 4.78 is 13.5. The highest BCUT2D eigenvalue weighted by atomic mass is 19.1. The molecule has 1 heterocycles. The lowest BCUT2D eigenvalue weighted by atomic mass is 10.1. The third-order valence-corrected chi connectivity index (χ3v) is 3.38. The van der Waals surface area contributed by atoms with Crippen molar-refractivity contribution in [3.05, 3.63) is 53.5 Å². The fraction of sp³-hybridized carbons (Fsp3) is 0.353. The Labute approximate surface area is 125 Å². The van der Waals surface area contributed by atoms with Crippen LogP contribution >= 0.6 is 0 Å². The number of pyridine rings is 1. The first-order chi connectivity index (χ1) is 10.2. The molecule has 0 atom stereocenters. The molecule has 1 N–H and O–H groups in total. The molecule has 0 aliphatic heterocycles. The molecule has 0 saturated carbocycles. The Morgan fingerprint density at radius 2 is 2.00 bits per heavy atom. The van der Waals surface area contributed by atoms with Crippen molar-refractivity contribution in [1.82, 2.24) is 10.3 Å². The quantitative estimate of drug-likeness (QED) is 0.879. The Morgan fingerprint density at radius 3 is 2.62 bits per heavy atom. The lowest BCUT2D eigenvalue weighted by molar-refractivity contribution is 0.627. The van der Waals surface area contributed by atoms with Crippen LogP contribution in [0.1, 0.15) is 25.1 Å². The molecule has 0 aliphatic rings. The van der Waals surface area contributed by atoms with E-state index in [0.29, 0.717) is 0 Å². The summed E-state index contributed by atoms with van der Waals surface area (Å²) in [7, 11) is 1.93. The standard InChI is InChI=1S/C17H22FN3/c1-4-15-9-13(12-19-3)10-17(20-15)21(5-2)16-8-6-7-14(18)11-16/h6-11,19H,4-5,12H2,1-3H3. The monoisotopic (exact) mass is 287 g/mol. The van der Waals surface area contributed by atoms with Crippen LogP contribution in [0.25, 0.3) is 0 Å². The fourth-order valence-corrected chi connectivity index (χ4v) is 2.38. The van der Waals surface area contributed by atoms with Crippen LogP contribution in [0.2, 0.25) is 0 Å². The Balaban J connectivity index is 2.43. The summed E-state index contributed by atoms with van der Waals surface area (Å²) in [6.07, 6.45) is 0.880. The van der Waals surface area contributed by atoms with E-state index in [1.54, 1.807) is 12.1 Å². The summed E-state index contributed by atoms with van der Waals surface area (Å²) in [6, 6.07) is 10.8. The van der Waals surface area contributed by atoms with Gasteiger partial charge in [0, 0.05) is 24.5 Å². The molecular formula is C17H22FN3. The third kappa shape index (κ3) is 3.79. The summed E-state index contributed by atoms with van der Waals surface area (Å²) in [6.45, 7) is 5.67. The van der Waals surface area contributed by atoms with Gasteiger partial charge in [-0.2, -0.15) is 0 Å². The van der Waals surface area contributed by atoms with Gasteiger partial charge in [-0.3, -0.25) is 0 Å². The maximum Gasteiger partial charge on any atom is 0.133 e. The predicted molar refractivity (Wildman–Crippen MR) is 85.5 cm³/mol. The number of anilines is 2. The Hall–Kier alpha value is -1.94. The fourth-order valence-electron chi connectivity index (χ4n) is 2.38. The number of benzene rings is 1. The lowest BCUT2D eigenvalue weighted by Crippen LogP contribution is -2.19. The normalized spacial score (nSPS) is 10.7. The second-order valence-electron chi connectivity index (χ2n) is 4.93. The van der Waals surface area contributed by atoms with E-state index in [0.717, 1.165) is 36.7 Å². The molecule has 1 aromatic carbocycles. The van der Waals surface area contributed by atoms with Gasteiger partial charge >= 0.3 is 0 Å². The van der Waals surface area contributed by atoms with Crippen molar-refractivity contribution < 1.29 is 4.39 Å². The number of nitrogens with one attached hydrogen (secondary N) is 1. The highest BCUT2D eigenvalue weighted by molar-refractivity contribution is 5.60. The number of hydrogen-bond donors (Lipinski definition) is 1. The maximum atomic E-state index is 13.5. The van der Waals surface area contributed by atoms with Crippen LogP contribution in [0.5, 0.6) is 0 Å². The van der Waals surface area contributed by atoms with Gasteiger partial charge in [-0.15, -0.1) is 0 Å². The Kier molecular flexibility index (Phi) is 5.28. The molecule has 2 rings (SSSR count). The van der Waals surface area contributed by atoms with Gasteiger partial charge in [0.2, 0.25) is 0 Å². The van der Waals surface area contributed by atoms with Crippen LogP contribution in [-0.2, 0) is 13.0 Å². The van der Waals surface area contributed by atoms with Crippen molar-refractivity contribution in [2.24, 2.45) is 0 Å². The molecule has 0 amide bonds. The van der Waals surface area contributed by atoms with E-state index in [2.05, 4.69) is 29.4 Å². The number of aryl methyl sites for hydroxylation is 1. The van der Waals surface area contributed by atoms with Gasteiger partial charge < -0.3 is 10.2 Å². The summed E-state index contributed by atoms with van der Waals surface area (Å²) >= 11 is 0. The van der Waals surface area contributed by atoms with Crippen molar-refractivity contribution in [3.63, 3.8) is 0 Å². The molecule has 0 bridgehead atoms. The first-order valence-corrected chi connectivity index (χ1v) is 7.35. The smallest absolute Gasteiger partial charge is 0.133 e. The van der Waals surface area contributed by atoms with E-state index in [1.165, 1.54) is 11.6 Å². The van der Waals surface area contributed by atoms with E-state index in [9.17, 15) is 4.39 Å². The molecule has 0 aliphatic carbocycles. The van der Waals surface area contributed by atoms with E-state index in [-0.39, 0.29) is 5.82 Å². The van der Waals surface area contributed by atoms with Gasteiger partial charge in [-0.05, 0) is 56.3 Å². The van der Waals surface area contributed by atoms with Crippen molar-refractivity contribution in [2.75, 3.05) is 18.5 Å². The molecule has 3 nitrogen and oxygen atoms in total. The first kappa shape index (κ1) is 15.4. The highest BCUT2D eigenvalue weighted by Gasteiger charge is 2.11. The minimum atomic E-state index is -0.229. The zero-order valence-corrected chi connectivity index (χ0v) is 12.9. The molecule has 4 heteroatoms. The summed E-state index contributed by atoms with van der Waals surface area (Å²) in [5.74, 6) is 0.640. The minimum absolute atomic E-state index is 0.229. The minimum Gasteiger partial charge on any atom is -0.327 e. The van der Waals surface area contributed by atoms with Crippen LogP contribution < -0.4 is 10.2 Å². The van der Waals surface area contributed by atoms with Crippen LogP contribution in [0.3, 0.4) is 0 Å². The van der Waals surface area contributed by atoms with Gasteiger partial charge in [0.25, 0.3) is 0 Å². The molecular weight excluding hydrogens is 265 g/mol. The second-order valence-corrected chi connectivity index (χ2v) is 4.93. The molecule has 21 heavy (non-hydrogen) atoms. The molecule has 2 aromatic rings. The van der Waals surface area contributed by atoms with Crippen molar-refractivity contribution in [3.8, 4) is 0 Å². The summed E-state index contributed by atoms with van der Waals surface area (Å²) in [4.78, 5) is 6.72. The van der Waals surface area contributed by atoms with Crippen molar-refractivity contribution in [2.45, 2.75) is 26.8 Å². The maximum absolute atomic E-state index is 13.5. The van der Waals surface area contributed by atoms with Crippen molar-refractivity contribution in [1.29, 1.82) is 0 Å².